The van der Waals surface area contributed by atoms with Crippen LogP contribution in [0, 0.1) is 13.8 Å². The van der Waals surface area contributed by atoms with Gasteiger partial charge in [0.05, 0.1) is 10.6 Å². The highest BCUT2D eigenvalue weighted by Crippen LogP contribution is 2.16. The van der Waals surface area contributed by atoms with E-state index in [0.717, 1.165) is 17.0 Å². The van der Waals surface area contributed by atoms with Gasteiger partial charge in [-0.1, -0.05) is 13.8 Å². The van der Waals surface area contributed by atoms with E-state index >= 15 is 0 Å². The maximum atomic E-state index is 12.5. The first kappa shape index (κ1) is 21.1. The van der Waals surface area contributed by atoms with Gasteiger partial charge in [-0.2, -0.15) is 9.40 Å². The van der Waals surface area contributed by atoms with Crippen molar-refractivity contribution in [2.75, 3.05) is 19.6 Å². The van der Waals surface area contributed by atoms with Crippen LogP contribution in [0.4, 0.5) is 0 Å². The standard InChI is InChI=1S/C19H28N4O3S/c1-6-23(7-2)27(25,26)17-10-8-16(9-11-17)19(24)20-13-12-18-14(3)21-22(5)15(18)4/h8-11H,6-7,12-13H2,1-5H3,(H,20,24). The van der Waals surface area contributed by atoms with Crippen LogP contribution in [0.25, 0.3) is 0 Å². The lowest BCUT2D eigenvalue weighted by atomic mass is 10.1. The zero-order valence-corrected chi connectivity index (χ0v) is 17.4. The zero-order valence-electron chi connectivity index (χ0n) is 16.6. The predicted molar refractivity (Wildman–Crippen MR) is 105 cm³/mol. The Morgan fingerprint density at radius 2 is 1.74 bits per heavy atom. The maximum Gasteiger partial charge on any atom is 0.251 e. The van der Waals surface area contributed by atoms with Gasteiger partial charge in [0.1, 0.15) is 0 Å². The minimum atomic E-state index is -3.51. The van der Waals surface area contributed by atoms with Gasteiger partial charge in [0.25, 0.3) is 5.91 Å². The monoisotopic (exact) mass is 392 g/mol. The van der Waals surface area contributed by atoms with Crippen LogP contribution < -0.4 is 5.32 Å². The van der Waals surface area contributed by atoms with Crippen molar-refractivity contribution in [3.63, 3.8) is 0 Å². The van der Waals surface area contributed by atoms with Gasteiger partial charge in [-0.05, 0) is 50.1 Å². The Bertz CT molecular complexity index is 898. The fourth-order valence-corrected chi connectivity index (χ4v) is 4.53. The number of rotatable bonds is 8. The number of benzene rings is 1. The van der Waals surface area contributed by atoms with Crippen molar-refractivity contribution >= 4 is 15.9 Å². The van der Waals surface area contributed by atoms with E-state index in [9.17, 15) is 13.2 Å². The molecule has 0 atom stereocenters. The summed E-state index contributed by atoms with van der Waals surface area (Å²) in [5, 5.41) is 7.25. The van der Waals surface area contributed by atoms with Gasteiger partial charge in [0, 0.05) is 37.9 Å². The second-order valence-electron chi connectivity index (χ2n) is 6.39. The van der Waals surface area contributed by atoms with Crippen molar-refractivity contribution in [1.82, 2.24) is 19.4 Å². The first-order valence-corrected chi connectivity index (χ1v) is 10.5. The molecule has 2 aromatic rings. The van der Waals surface area contributed by atoms with E-state index < -0.39 is 10.0 Å². The van der Waals surface area contributed by atoms with Gasteiger partial charge < -0.3 is 5.32 Å². The third-order valence-corrected chi connectivity index (χ3v) is 6.84. The van der Waals surface area contributed by atoms with Crippen molar-refractivity contribution < 1.29 is 13.2 Å². The Balaban J connectivity index is 2.01. The molecule has 1 N–H and O–H groups in total. The molecule has 27 heavy (non-hydrogen) atoms. The number of carbonyl (C=O) groups excluding carboxylic acids is 1. The number of sulfonamides is 1. The number of aromatic nitrogens is 2. The molecule has 0 aliphatic heterocycles. The van der Waals surface area contributed by atoms with Gasteiger partial charge >= 0.3 is 0 Å². The number of amides is 1. The Hall–Kier alpha value is -2.19. The van der Waals surface area contributed by atoms with Crippen molar-refractivity contribution in [2.24, 2.45) is 7.05 Å². The molecule has 1 heterocycles. The van der Waals surface area contributed by atoms with Gasteiger partial charge in [0.2, 0.25) is 10.0 Å². The molecule has 2 rings (SSSR count). The van der Waals surface area contributed by atoms with Crippen LogP contribution in [-0.4, -0.2) is 48.0 Å². The Kier molecular flexibility index (Phi) is 6.78. The van der Waals surface area contributed by atoms with Crippen LogP contribution in [0.5, 0.6) is 0 Å². The summed E-state index contributed by atoms with van der Waals surface area (Å²) in [5.74, 6) is -0.221. The lowest BCUT2D eigenvalue weighted by Crippen LogP contribution is -2.30. The van der Waals surface area contributed by atoms with E-state index in [4.69, 9.17) is 0 Å². The van der Waals surface area contributed by atoms with Crippen molar-refractivity contribution in [3.05, 3.63) is 46.8 Å². The highest BCUT2D eigenvalue weighted by molar-refractivity contribution is 7.89. The van der Waals surface area contributed by atoms with Gasteiger partial charge in [-0.25, -0.2) is 8.42 Å². The van der Waals surface area contributed by atoms with Crippen molar-refractivity contribution in [1.29, 1.82) is 0 Å². The average Bonchev–Trinajstić information content (AvgIpc) is 2.88. The molecule has 0 saturated heterocycles. The van der Waals surface area contributed by atoms with E-state index in [1.807, 2.05) is 25.6 Å². The van der Waals surface area contributed by atoms with Crippen molar-refractivity contribution in [3.8, 4) is 0 Å². The van der Waals surface area contributed by atoms with Crippen LogP contribution in [0.2, 0.25) is 0 Å². The molecule has 1 aromatic heterocycles. The molecule has 7 nitrogen and oxygen atoms in total. The molecule has 0 spiro atoms. The Labute approximate surface area is 161 Å². The van der Waals surface area contributed by atoms with E-state index in [1.54, 1.807) is 26.0 Å². The smallest absolute Gasteiger partial charge is 0.251 e. The topological polar surface area (TPSA) is 84.3 Å². The molecule has 0 radical (unpaired) electrons. The number of carbonyl (C=O) groups is 1. The van der Waals surface area contributed by atoms with Crippen LogP contribution in [0.15, 0.2) is 29.2 Å². The van der Waals surface area contributed by atoms with Crippen molar-refractivity contribution in [2.45, 2.75) is 39.0 Å². The van der Waals surface area contributed by atoms with Crippen LogP contribution in [0.3, 0.4) is 0 Å². The highest BCUT2D eigenvalue weighted by Gasteiger charge is 2.21. The molecule has 1 aromatic carbocycles. The summed E-state index contributed by atoms with van der Waals surface area (Å²) >= 11 is 0. The summed E-state index contributed by atoms with van der Waals surface area (Å²) in [6, 6.07) is 6.06. The van der Waals surface area contributed by atoms with Crippen LogP contribution in [0.1, 0.15) is 41.2 Å². The quantitative estimate of drug-likeness (QED) is 0.745. The molecule has 0 fully saturated rings. The summed E-state index contributed by atoms with van der Waals surface area (Å²) in [5.41, 5.74) is 3.63. The maximum absolute atomic E-state index is 12.5. The molecule has 0 bridgehead atoms. The molecule has 0 aliphatic carbocycles. The molecular formula is C19H28N4O3S. The summed E-state index contributed by atoms with van der Waals surface area (Å²) in [4.78, 5) is 12.5. The minimum Gasteiger partial charge on any atom is -0.352 e. The lowest BCUT2D eigenvalue weighted by Gasteiger charge is -2.18. The predicted octanol–water partition coefficient (Wildman–Crippen LogP) is 2.04. The molecule has 0 aliphatic rings. The van der Waals surface area contributed by atoms with Crippen LogP contribution >= 0.6 is 0 Å². The van der Waals surface area contributed by atoms with E-state index in [0.29, 0.717) is 31.6 Å². The molecule has 148 valence electrons. The Morgan fingerprint density at radius 3 is 2.22 bits per heavy atom. The molecule has 1 amide bonds. The van der Waals surface area contributed by atoms with Crippen LogP contribution in [-0.2, 0) is 23.5 Å². The van der Waals surface area contributed by atoms with Gasteiger partial charge in [-0.15, -0.1) is 0 Å². The SMILES string of the molecule is CCN(CC)S(=O)(=O)c1ccc(C(=O)NCCc2c(C)nn(C)c2C)cc1. The first-order valence-electron chi connectivity index (χ1n) is 9.09. The average molecular weight is 393 g/mol. The van der Waals surface area contributed by atoms with E-state index in [2.05, 4.69) is 10.4 Å². The second kappa shape index (κ2) is 8.67. The second-order valence-corrected chi connectivity index (χ2v) is 8.33. The Morgan fingerprint density at radius 1 is 1.15 bits per heavy atom. The lowest BCUT2D eigenvalue weighted by molar-refractivity contribution is 0.0954. The van der Waals surface area contributed by atoms with Gasteiger partial charge in [-0.3, -0.25) is 9.48 Å². The third kappa shape index (κ3) is 4.56. The largest absolute Gasteiger partial charge is 0.352 e. The zero-order chi connectivity index (χ0) is 20.2. The van der Waals surface area contributed by atoms with E-state index in [1.165, 1.54) is 16.4 Å². The molecule has 8 heteroatoms. The summed E-state index contributed by atoms with van der Waals surface area (Å²) in [6.45, 7) is 8.88. The summed E-state index contributed by atoms with van der Waals surface area (Å²) in [7, 11) is -1.61. The summed E-state index contributed by atoms with van der Waals surface area (Å²) < 4.78 is 28.2. The molecule has 0 unspecified atom stereocenters. The molecule has 0 saturated carbocycles. The first-order chi connectivity index (χ1) is 12.7. The fourth-order valence-electron chi connectivity index (χ4n) is 3.07. The number of nitrogens with one attached hydrogen (secondary N) is 1. The number of hydrogen-bond acceptors (Lipinski definition) is 4. The number of hydrogen-bond donors (Lipinski definition) is 1. The number of nitrogens with zero attached hydrogens (tertiary/aromatic N) is 3. The fraction of sp³-hybridized carbons (Fsp3) is 0.474. The minimum absolute atomic E-state index is 0.198. The number of aryl methyl sites for hydroxylation is 2. The summed E-state index contributed by atoms with van der Waals surface area (Å²) in [6.07, 6.45) is 0.700. The highest BCUT2D eigenvalue weighted by atomic mass is 32.2. The van der Waals surface area contributed by atoms with E-state index in [-0.39, 0.29) is 10.8 Å². The third-order valence-electron chi connectivity index (χ3n) is 4.78. The van der Waals surface area contributed by atoms with Gasteiger partial charge in [0.15, 0.2) is 0 Å². The molecular weight excluding hydrogens is 364 g/mol. The normalized spacial score (nSPS) is 11.8.